The molecule has 106 valence electrons. The van der Waals surface area contributed by atoms with Crippen molar-refractivity contribution < 1.29 is 14.3 Å². The van der Waals surface area contributed by atoms with E-state index in [-0.39, 0.29) is 30.2 Å². The van der Waals surface area contributed by atoms with Crippen LogP contribution >= 0.6 is 0 Å². The van der Waals surface area contributed by atoms with Crippen molar-refractivity contribution >= 4 is 10.9 Å². The van der Waals surface area contributed by atoms with Crippen LogP contribution in [0, 0.1) is 0 Å². The van der Waals surface area contributed by atoms with E-state index >= 15 is 0 Å². The minimum atomic E-state index is -0.312. The van der Waals surface area contributed by atoms with Gasteiger partial charge in [-0.15, -0.1) is 0 Å². The Morgan fingerprint density at radius 1 is 1.24 bits per heavy atom. The quantitative estimate of drug-likeness (QED) is 0.795. The summed E-state index contributed by atoms with van der Waals surface area (Å²) in [4.78, 5) is 16.0. The number of hydrogen-bond donors (Lipinski definition) is 1. The minimum Gasteiger partial charge on any atom is -0.482 e. The molecular weight excluding hydrogens is 270 g/mol. The van der Waals surface area contributed by atoms with Gasteiger partial charge in [0.05, 0.1) is 5.52 Å². The first-order valence-corrected chi connectivity index (χ1v) is 6.45. The van der Waals surface area contributed by atoms with Gasteiger partial charge in [-0.1, -0.05) is 12.1 Å². The average molecular weight is 283 g/mol. The average Bonchev–Trinajstić information content (AvgIpc) is 2.53. The molecule has 0 aliphatic rings. The van der Waals surface area contributed by atoms with Crippen LogP contribution in [0.25, 0.3) is 10.9 Å². The standard InChI is InChI=1S/C16H13NO4/c18-8-13-7-15(19)16(10-20-13)21-9-11-3-4-14-12(6-11)2-1-5-17-14/h1-7,10,18H,8-9H2. The first kappa shape index (κ1) is 13.3. The van der Waals surface area contributed by atoms with Gasteiger partial charge in [-0.05, 0) is 23.8 Å². The van der Waals surface area contributed by atoms with E-state index in [0.717, 1.165) is 16.5 Å². The third-order valence-corrected chi connectivity index (χ3v) is 3.07. The van der Waals surface area contributed by atoms with E-state index in [1.807, 2.05) is 30.3 Å². The molecule has 0 amide bonds. The van der Waals surface area contributed by atoms with Crippen molar-refractivity contribution in [3.8, 4) is 5.75 Å². The van der Waals surface area contributed by atoms with E-state index in [1.165, 1.54) is 12.3 Å². The zero-order chi connectivity index (χ0) is 14.7. The molecule has 0 fully saturated rings. The van der Waals surface area contributed by atoms with Gasteiger partial charge in [-0.25, -0.2) is 0 Å². The molecule has 5 nitrogen and oxygen atoms in total. The Hall–Kier alpha value is -2.66. The number of aromatic nitrogens is 1. The van der Waals surface area contributed by atoms with Gasteiger partial charge in [0.1, 0.15) is 25.2 Å². The Kier molecular flexibility index (Phi) is 3.66. The van der Waals surface area contributed by atoms with E-state index in [1.54, 1.807) is 6.20 Å². The lowest BCUT2D eigenvalue weighted by atomic mass is 10.1. The number of benzene rings is 1. The molecule has 0 aliphatic carbocycles. The van der Waals surface area contributed by atoms with Gasteiger partial charge in [-0.3, -0.25) is 9.78 Å². The first-order chi connectivity index (χ1) is 10.3. The molecule has 2 heterocycles. The fraction of sp³-hybridized carbons (Fsp3) is 0.125. The smallest absolute Gasteiger partial charge is 0.227 e. The van der Waals surface area contributed by atoms with Crippen molar-refractivity contribution in [1.29, 1.82) is 0 Å². The van der Waals surface area contributed by atoms with E-state index in [9.17, 15) is 4.79 Å². The molecule has 3 aromatic rings. The molecule has 1 aromatic carbocycles. The fourth-order valence-electron chi connectivity index (χ4n) is 2.00. The summed E-state index contributed by atoms with van der Waals surface area (Å²) in [5.41, 5.74) is 1.53. The maximum atomic E-state index is 11.7. The number of rotatable bonds is 4. The molecule has 21 heavy (non-hydrogen) atoms. The van der Waals surface area contributed by atoms with Crippen LogP contribution in [-0.4, -0.2) is 10.1 Å². The molecule has 2 aromatic heterocycles. The SMILES string of the molecule is O=c1cc(CO)occ1OCc1ccc2ncccc2c1. The summed E-state index contributed by atoms with van der Waals surface area (Å²) in [6, 6.07) is 10.8. The van der Waals surface area contributed by atoms with Gasteiger partial charge in [0.25, 0.3) is 0 Å². The van der Waals surface area contributed by atoms with Crippen LogP contribution in [0.3, 0.4) is 0 Å². The molecule has 0 bridgehead atoms. The molecule has 0 aliphatic heterocycles. The highest BCUT2D eigenvalue weighted by atomic mass is 16.5. The lowest BCUT2D eigenvalue weighted by Gasteiger charge is -2.06. The summed E-state index contributed by atoms with van der Waals surface area (Å²) in [6.07, 6.45) is 2.96. The zero-order valence-corrected chi connectivity index (χ0v) is 11.2. The number of nitrogens with zero attached hydrogens (tertiary/aromatic N) is 1. The molecular formula is C16H13NO4. The molecule has 5 heteroatoms. The van der Waals surface area contributed by atoms with Gasteiger partial charge in [0, 0.05) is 17.6 Å². The number of aliphatic hydroxyl groups is 1. The molecule has 0 saturated carbocycles. The largest absolute Gasteiger partial charge is 0.482 e. The number of fused-ring (bicyclic) bond motifs is 1. The second-order valence-electron chi connectivity index (χ2n) is 4.55. The fourth-order valence-corrected chi connectivity index (χ4v) is 2.00. The van der Waals surface area contributed by atoms with Crippen LogP contribution in [-0.2, 0) is 13.2 Å². The Labute approximate surface area is 120 Å². The molecule has 0 unspecified atom stereocenters. The summed E-state index contributed by atoms with van der Waals surface area (Å²) in [5.74, 6) is 0.336. The lowest BCUT2D eigenvalue weighted by Crippen LogP contribution is -2.08. The molecule has 3 rings (SSSR count). The van der Waals surface area contributed by atoms with E-state index in [0.29, 0.717) is 0 Å². The minimum absolute atomic E-state index is 0.124. The van der Waals surface area contributed by atoms with Gasteiger partial charge >= 0.3 is 0 Å². The van der Waals surface area contributed by atoms with Gasteiger partial charge < -0.3 is 14.3 Å². The highest BCUT2D eigenvalue weighted by Gasteiger charge is 2.05. The van der Waals surface area contributed by atoms with Crippen molar-refractivity contribution in [2.24, 2.45) is 0 Å². The number of hydrogen-bond acceptors (Lipinski definition) is 5. The van der Waals surface area contributed by atoms with Crippen molar-refractivity contribution in [3.05, 3.63) is 70.4 Å². The molecule has 0 spiro atoms. The molecule has 1 N–H and O–H groups in total. The predicted octanol–water partition coefficient (Wildman–Crippen LogP) is 2.26. The highest BCUT2D eigenvalue weighted by Crippen LogP contribution is 2.15. The third-order valence-electron chi connectivity index (χ3n) is 3.07. The summed E-state index contributed by atoms with van der Waals surface area (Å²) in [6.45, 7) is -0.0543. The number of ether oxygens (including phenoxy) is 1. The number of aliphatic hydroxyl groups excluding tert-OH is 1. The summed E-state index contributed by atoms with van der Waals surface area (Å²) in [5, 5.41) is 9.90. The molecule has 0 atom stereocenters. The highest BCUT2D eigenvalue weighted by molar-refractivity contribution is 5.78. The topological polar surface area (TPSA) is 72.6 Å². The maximum absolute atomic E-state index is 11.7. The zero-order valence-electron chi connectivity index (χ0n) is 11.2. The Morgan fingerprint density at radius 3 is 2.95 bits per heavy atom. The summed E-state index contributed by atoms with van der Waals surface area (Å²) >= 11 is 0. The lowest BCUT2D eigenvalue weighted by molar-refractivity contribution is 0.236. The van der Waals surface area contributed by atoms with Crippen molar-refractivity contribution in [1.82, 2.24) is 4.98 Å². The van der Waals surface area contributed by atoms with Gasteiger partial charge in [0.2, 0.25) is 11.2 Å². The normalized spacial score (nSPS) is 10.7. The Bertz CT molecular complexity index is 826. The van der Waals surface area contributed by atoms with Crippen molar-refractivity contribution in [2.75, 3.05) is 0 Å². The number of pyridine rings is 1. The summed E-state index contributed by atoms with van der Waals surface area (Å²) in [7, 11) is 0. The van der Waals surface area contributed by atoms with Crippen molar-refractivity contribution in [3.63, 3.8) is 0 Å². The van der Waals surface area contributed by atoms with Crippen LogP contribution in [0.4, 0.5) is 0 Å². The van der Waals surface area contributed by atoms with Gasteiger partial charge in [-0.2, -0.15) is 0 Å². The van der Waals surface area contributed by atoms with Crippen LogP contribution in [0.5, 0.6) is 5.75 Å². The second-order valence-corrected chi connectivity index (χ2v) is 4.55. The Balaban J connectivity index is 1.78. The van der Waals surface area contributed by atoms with Crippen LogP contribution in [0.2, 0.25) is 0 Å². The van der Waals surface area contributed by atoms with Gasteiger partial charge in [0.15, 0.2) is 0 Å². The predicted molar refractivity (Wildman–Crippen MR) is 77.0 cm³/mol. The van der Waals surface area contributed by atoms with E-state index in [4.69, 9.17) is 14.3 Å². The first-order valence-electron chi connectivity index (χ1n) is 6.45. The monoisotopic (exact) mass is 283 g/mol. The molecule has 0 radical (unpaired) electrons. The van der Waals surface area contributed by atoms with Crippen LogP contribution in [0.15, 0.2) is 58.1 Å². The van der Waals surface area contributed by atoms with Crippen LogP contribution in [0.1, 0.15) is 11.3 Å². The second kappa shape index (κ2) is 5.76. The molecule has 0 saturated heterocycles. The van der Waals surface area contributed by atoms with E-state index < -0.39 is 0 Å². The Morgan fingerprint density at radius 2 is 2.14 bits per heavy atom. The van der Waals surface area contributed by atoms with E-state index in [2.05, 4.69) is 4.98 Å². The summed E-state index contributed by atoms with van der Waals surface area (Å²) < 4.78 is 10.5. The maximum Gasteiger partial charge on any atom is 0.227 e. The van der Waals surface area contributed by atoms with Crippen LogP contribution < -0.4 is 10.2 Å². The third kappa shape index (κ3) is 2.93. The van der Waals surface area contributed by atoms with Crippen molar-refractivity contribution in [2.45, 2.75) is 13.2 Å².